The van der Waals surface area contributed by atoms with E-state index in [1.54, 1.807) is 0 Å². The van der Waals surface area contributed by atoms with Gasteiger partial charge in [0, 0.05) is 19.8 Å². The fourth-order valence-corrected chi connectivity index (χ4v) is 1.21. The van der Waals surface area contributed by atoms with Crippen LogP contribution in [0.3, 0.4) is 0 Å². The first-order chi connectivity index (χ1) is 6.44. The zero-order chi connectivity index (χ0) is 10.8. The van der Waals surface area contributed by atoms with E-state index in [4.69, 9.17) is 4.74 Å². The van der Waals surface area contributed by atoms with Crippen molar-refractivity contribution in [2.45, 2.75) is 32.3 Å². The summed E-state index contributed by atoms with van der Waals surface area (Å²) in [6.07, 6.45) is 0.592. The normalized spacial score (nSPS) is 25.7. The SMILES string of the molecule is CC(=O)OCC(=O)[C@]1(C)CCC(=O)O1. The summed E-state index contributed by atoms with van der Waals surface area (Å²) in [5.74, 6) is -1.28. The molecule has 1 aliphatic rings. The predicted molar refractivity (Wildman–Crippen MR) is 45.4 cm³/mol. The van der Waals surface area contributed by atoms with Crippen molar-refractivity contribution in [1.82, 2.24) is 0 Å². The first-order valence-electron chi connectivity index (χ1n) is 4.32. The van der Waals surface area contributed by atoms with Crippen LogP contribution in [0.4, 0.5) is 0 Å². The third kappa shape index (κ3) is 2.31. The Morgan fingerprint density at radius 2 is 2.21 bits per heavy atom. The van der Waals surface area contributed by atoms with Gasteiger partial charge in [-0.05, 0) is 6.92 Å². The summed E-state index contributed by atoms with van der Waals surface area (Å²) in [6, 6.07) is 0. The fourth-order valence-electron chi connectivity index (χ4n) is 1.21. The number of ketones is 1. The Kier molecular flexibility index (Phi) is 2.88. The summed E-state index contributed by atoms with van der Waals surface area (Å²) < 4.78 is 9.40. The molecule has 0 aromatic heterocycles. The average Bonchev–Trinajstić information content (AvgIpc) is 2.43. The van der Waals surface area contributed by atoms with Crippen molar-refractivity contribution >= 4 is 17.7 Å². The van der Waals surface area contributed by atoms with Gasteiger partial charge in [0.25, 0.3) is 0 Å². The molecule has 0 bridgehead atoms. The third-order valence-electron chi connectivity index (χ3n) is 2.14. The maximum absolute atomic E-state index is 11.5. The number of hydrogen-bond donors (Lipinski definition) is 0. The molecule has 78 valence electrons. The maximum atomic E-state index is 11.5. The van der Waals surface area contributed by atoms with Gasteiger partial charge in [-0.1, -0.05) is 0 Å². The first kappa shape index (κ1) is 10.7. The minimum absolute atomic E-state index is 0.238. The van der Waals surface area contributed by atoms with Crippen LogP contribution in [0, 0.1) is 0 Å². The quantitative estimate of drug-likeness (QED) is 0.609. The van der Waals surface area contributed by atoms with Crippen molar-refractivity contribution < 1.29 is 23.9 Å². The van der Waals surface area contributed by atoms with Gasteiger partial charge in [-0.2, -0.15) is 0 Å². The molecule has 1 fully saturated rings. The van der Waals surface area contributed by atoms with Crippen LogP contribution in [-0.2, 0) is 23.9 Å². The van der Waals surface area contributed by atoms with Gasteiger partial charge in [0.15, 0.2) is 12.2 Å². The number of carbonyl (C=O) groups is 3. The largest absolute Gasteiger partial charge is 0.458 e. The number of ether oxygens (including phenoxy) is 2. The molecule has 0 aromatic carbocycles. The number of carbonyl (C=O) groups excluding carboxylic acids is 3. The second kappa shape index (κ2) is 3.77. The Morgan fingerprint density at radius 1 is 1.57 bits per heavy atom. The van der Waals surface area contributed by atoms with Crippen LogP contribution >= 0.6 is 0 Å². The number of cyclic esters (lactones) is 1. The second-order valence-electron chi connectivity index (χ2n) is 3.41. The average molecular weight is 200 g/mol. The molecule has 1 aliphatic heterocycles. The number of rotatable bonds is 3. The molecule has 1 atom stereocenters. The lowest BCUT2D eigenvalue weighted by atomic mass is 9.98. The molecule has 5 nitrogen and oxygen atoms in total. The van der Waals surface area contributed by atoms with E-state index >= 15 is 0 Å². The molecule has 0 aromatic rings. The molecule has 1 heterocycles. The summed E-state index contributed by atoms with van der Waals surface area (Å²) in [4.78, 5) is 32.7. The first-order valence-corrected chi connectivity index (χ1v) is 4.32. The van der Waals surface area contributed by atoms with Crippen molar-refractivity contribution in [2.24, 2.45) is 0 Å². The van der Waals surface area contributed by atoms with Crippen LogP contribution < -0.4 is 0 Å². The van der Waals surface area contributed by atoms with E-state index in [0.717, 1.165) is 0 Å². The molecule has 1 rings (SSSR count). The Balaban J connectivity index is 2.51. The minimum Gasteiger partial charge on any atom is -0.458 e. The van der Waals surface area contributed by atoms with Gasteiger partial charge in [-0.15, -0.1) is 0 Å². The molecule has 14 heavy (non-hydrogen) atoms. The molecule has 0 N–H and O–H groups in total. The van der Waals surface area contributed by atoms with Gasteiger partial charge in [-0.25, -0.2) is 0 Å². The van der Waals surface area contributed by atoms with Crippen molar-refractivity contribution in [1.29, 1.82) is 0 Å². The molecular weight excluding hydrogens is 188 g/mol. The lowest BCUT2D eigenvalue weighted by Gasteiger charge is -2.20. The van der Waals surface area contributed by atoms with Crippen LogP contribution in [0.1, 0.15) is 26.7 Å². The van der Waals surface area contributed by atoms with Crippen molar-refractivity contribution in [3.63, 3.8) is 0 Å². The van der Waals surface area contributed by atoms with E-state index in [0.29, 0.717) is 6.42 Å². The Bertz CT molecular complexity index is 283. The topological polar surface area (TPSA) is 69.7 Å². The highest BCUT2D eigenvalue weighted by Crippen LogP contribution is 2.26. The van der Waals surface area contributed by atoms with Crippen LogP contribution in [0.15, 0.2) is 0 Å². The second-order valence-corrected chi connectivity index (χ2v) is 3.41. The van der Waals surface area contributed by atoms with E-state index in [9.17, 15) is 14.4 Å². The Hall–Kier alpha value is -1.39. The molecule has 0 spiro atoms. The summed E-state index contributed by atoms with van der Waals surface area (Å²) in [5.41, 5.74) is -1.10. The van der Waals surface area contributed by atoms with Gasteiger partial charge in [0.2, 0.25) is 5.78 Å². The van der Waals surface area contributed by atoms with Gasteiger partial charge >= 0.3 is 11.9 Å². The Labute approximate surface area is 81.4 Å². The molecular formula is C9H12O5. The molecule has 0 amide bonds. The lowest BCUT2D eigenvalue weighted by molar-refractivity contribution is -0.160. The number of Topliss-reactive ketones (excluding diaryl/α,β-unsaturated/α-hetero) is 1. The molecule has 0 aliphatic carbocycles. The van der Waals surface area contributed by atoms with E-state index < -0.39 is 11.6 Å². The molecule has 0 radical (unpaired) electrons. The number of esters is 2. The smallest absolute Gasteiger partial charge is 0.306 e. The van der Waals surface area contributed by atoms with Crippen LogP contribution in [0.2, 0.25) is 0 Å². The summed E-state index contributed by atoms with van der Waals surface area (Å²) in [6.45, 7) is 2.42. The third-order valence-corrected chi connectivity index (χ3v) is 2.14. The summed E-state index contributed by atoms with van der Waals surface area (Å²) in [7, 11) is 0. The van der Waals surface area contributed by atoms with Crippen LogP contribution in [-0.4, -0.2) is 29.9 Å². The van der Waals surface area contributed by atoms with Gasteiger partial charge < -0.3 is 9.47 Å². The van der Waals surface area contributed by atoms with E-state index in [1.807, 2.05) is 0 Å². The number of hydrogen-bond acceptors (Lipinski definition) is 5. The highest BCUT2D eigenvalue weighted by atomic mass is 16.6. The Morgan fingerprint density at radius 3 is 2.64 bits per heavy atom. The molecule has 1 saturated heterocycles. The fraction of sp³-hybridized carbons (Fsp3) is 0.667. The molecule has 0 saturated carbocycles. The molecule has 5 heteroatoms. The van der Waals surface area contributed by atoms with Crippen molar-refractivity contribution in [3.05, 3.63) is 0 Å². The minimum atomic E-state index is -1.10. The van der Waals surface area contributed by atoms with Gasteiger partial charge in [-0.3, -0.25) is 14.4 Å². The summed E-state index contributed by atoms with van der Waals surface area (Å²) in [5, 5.41) is 0. The maximum Gasteiger partial charge on any atom is 0.306 e. The predicted octanol–water partition coefficient (Wildman–Crippen LogP) is 0.214. The van der Waals surface area contributed by atoms with Crippen molar-refractivity contribution in [3.8, 4) is 0 Å². The summed E-state index contributed by atoms with van der Waals surface area (Å²) >= 11 is 0. The highest BCUT2D eigenvalue weighted by molar-refractivity contribution is 5.93. The van der Waals surface area contributed by atoms with E-state index in [-0.39, 0.29) is 24.8 Å². The van der Waals surface area contributed by atoms with Gasteiger partial charge in [0.1, 0.15) is 0 Å². The zero-order valence-corrected chi connectivity index (χ0v) is 8.16. The van der Waals surface area contributed by atoms with Crippen LogP contribution in [0.5, 0.6) is 0 Å². The van der Waals surface area contributed by atoms with Crippen LogP contribution in [0.25, 0.3) is 0 Å². The zero-order valence-electron chi connectivity index (χ0n) is 8.16. The van der Waals surface area contributed by atoms with E-state index in [1.165, 1.54) is 13.8 Å². The standard InChI is InChI=1S/C9H12O5/c1-6(10)13-5-7(11)9(2)4-3-8(12)14-9/h3-5H2,1-2H3/t9-/m0/s1. The highest BCUT2D eigenvalue weighted by Gasteiger charge is 2.42. The van der Waals surface area contributed by atoms with E-state index in [2.05, 4.69) is 4.74 Å². The monoisotopic (exact) mass is 200 g/mol. The van der Waals surface area contributed by atoms with Crippen molar-refractivity contribution in [2.75, 3.05) is 6.61 Å². The molecule has 0 unspecified atom stereocenters. The lowest BCUT2D eigenvalue weighted by Crippen LogP contribution is -2.38. The van der Waals surface area contributed by atoms with Gasteiger partial charge in [0.05, 0.1) is 0 Å².